The molecule has 4 nitrogen and oxygen atoms in total. The highest BCUT2D eigenvalue weighted by molar-refractivity contribution is 6.33. The third kappa shape index (κ3) is 2.92. The van der Waals surface area contributed by atoms with Gasteiger partial charge in [-0.15, -0.1) is 0 Å². The molecule has 2 atom stereocenters. The second-order valence-corrected chi connectivity index (χ2v) is 6.45. The van der Waals surface area contributed by atoms with E-state index in [9.17, 15) is 5.11 Å². The van der Waals surface area contributed by atoms with Gasteiger partial charge < -0.3 is 9.84 Å². The van der Waals surface area contributed by atoms with Gasteiger partial charge >= 0.3 is 0 Å². The minimum atomic E-state index is -1.21. The lowest BCUT2D eigenvalue weighted by molar-refractivity contribution is -0.151. The number of ether oxygens (including phenoxy) is 1. The Labute approximate surface area is 147 Å². The third-order valence-electron chi connectivity index (χ3n) is 3.52. The van der Waals surface area contributed by atoms with Gasteiger partial charge in [0.15, 0.2) is 6.29 Å². The fourth-order valence-electron chi connectivity index (χ4n) is 2.60. The molecular formula is C14H10Cl4N2O2. The number of fused-ring (bicyclic) bond motifs is 1. The Hall–Kier alpha value is -0.620. The summed E-state index contributed by atoms with van der Waals surface area (Å²) in [5.41, 5.74) is 2.70. The molecule has 2 unspecified atom stereocenters. The summed E-state index contributed by atoms with van der Waals surface area (Å²) in [5.74, 6) is 0. The minimum Gasteiger partial charge on any atom is -0.364 e. The summed E-state index contributed by atoms with van der Waals surface area (Å²) in [7, 11) is 0. The van der Waals surface area contributed by atoms with E-state index in [1.807, 2.05) is 6.92 Å². The van der Waals surface area contributed by atoms with E-state index >= 15 is 0 Å². The number of aryl methyl sites for hydroxylation is 1. The second-order valence-electron chi connectivity index (χ2n) is 4.96. The lowest BCUT2D eigenvalue weighted by Crippen LogP contribution is -2.22. The van der Waals surface area contributed by atoms with Crippen LogP contribution in [0, 0.1) is 6.92 Å². The van der Waals surface area contributed by atoms with Crippen LogP contribution in [0.1, 0.15) is 34.6 Å². The molecule has 0 spiro atoms. The lowest BCUT2D eigenvalue weighted by Gasteiger charge is -2.31. The first-order valence-electron chi connectivity index (χ1n) is 6.37. The first kappa shape index (κ1) is 16.2. The molecule has 0 radical (unpaired) electrons. The lowest BCUT2D eigenvalue weighted by atomic mass is 9.94. The number of rotatable bonds is 1. The molecule has 0 aromatic carbocycles. The number of aliphatic hydroxyl groups is 1. The van der Waals surface area contributed by atoms with Crippen LogP contribution in [0.5, 0.6) is 0 Å². The fraction of sp³-hybridized carbons (Fsp3) is 0.286. The van der Waals surface area contributed by atoms with Crippen molar-refractivity contribution < 1.29 is 9.84 Å². The molecule has 1 aliphatic heterocycles. The van der Waals surface area contributed by atoms with E-state index in [0.29, 0.717) is 22.7 Å². The van der Waals surface area contributed by atoms with Crippen LogP contribution in [0.2, 0.25) is 20.6 Å². The molecule has 0 amide bonds. The molecule has 8 heteroatoms. The Morgan fingerprint density at radius 3 is 2.27 bits per heavy atom. The van der Waals surface area contributed by atoms with Gasteiger partial charge in [-0.1, -0.05) is 46.4 Å². The van der Waals surface area contributed by atoms with Crippen molar-refractivity contribution in [2.75, 3.05) is 0 Å². The number of halogens is 4. The fourth-order valence-corrected chi connectivity index (χ4v) is 3.82. The zero-order valence-electron chi connectivity index (χ0n) is 11.3. The van der Waals surface area contributed by atoms with Crippen molar-refractivity contribution in [1.29, 1.82) is 0 Å². The highest BCUT2D eigenvalue weighted by atomic mass is 35.5. The van der Waals surface area contributed by atoms with Crippen molar-refractivity contribution in [1.82, 2.24) is 9.97 Å². The van der Waals surface area contributed by atoms with Gasteiger partial charge in [-0.3, -0.25) is 0 Å². The molecule has 0 saturated heterocycles. The Morgan fingerprint density at radius 1 is 1.05 bits per heavy atom. The summed E-state index contributed by atoms with van der Waals surface area (Å²) in [5, 5.41) is 11.2. The summed E-state index contributed by atoms with van der Waals surface area (Å²) in [4.78, 5) is 7.95. The van der Waals surface area contributed by atoms with Crippen LogP contribution in [-0.4, -0.2) is 15.1 Å². The highest BCUT2D eigenvalue weighted by Crippen LogP contribution is 2.42. The van der Waals surface area contributed by atoms with Gasteiger partial charge in [0.25, 0.3) is 0 Å². The first-order chi connectivity index (χ1) is 10.4. The molecule has 0 bridgehead atoms. The van der Waals surface area contributed by atoms with Crippen molar-refractivity contribution >= 4 is 46.4 Å². The summed E-state index contributed by atoms with van der Waals surface area (Å²) >= 11 is 24.0. The number of nitrogens with zero attached hydrogens (tertiary/aromatic N) is 2. The molecular weight excluding hydrogens is 370 g/mol. The smallest absolute Gasteiger partial charge is 0.185 e. The van der Waals surface area contributed by atoms with E-state index in [4.69, 9.17) is 51.1 Å². The SMILES string of the molecule is Cc1cc(Cl)nc(Cl)c1C1Cc2cc(Cl)nc(Cl)c2C(O)O1. The first-order valence-corrected chi connectivity index (χ1v) is 7.89. The summed E-state index contributed by atoms with van der Waals surface area (Å²) in [6.45, 7) is 1.85. The topological polar surface area (TPSA) is 55.2 Å². The number of aromatic nitrogens is 2. The van der Waals surface area contributed by atoms with E-state index in [0.717, 1.165) is 11.1 Å². The highest BCUT2D eigenvalue weighted by Gasteiger charge is 2.32. The maximum absolute atomic E-state index is 10.2. The van der Waals surface area contributed by atoms with Gasteiger partial charge in [0, 0.05) is 17.5 Å². The van der Waals surface area contributed by atoms with Crippen LogP contribution in [-0.2, 0) is 11.2 Å². The molecule has 1 N–H and O–H groups in total. The van der Waals surface area contributed by atoms with Gasteiger partial charge in [0.2, 0.25) is 0 Å². The van der Waals surface area contributed by atoms with Crippen LogP contribution >= 0.6 is 46.4 Å². The van der Waals surface area contributed by atoms with Gasteiger partial charge in [-0.2, -0.15) is 0 Å². The zero-order chi connectivity index (χ0) is 16.0. The number of hydrogen-bond donors (Lipinski definition) is 1. The third-order valence-corrected chi connectivity index (χ3v) is 4.49. The Morgan fingerprint density at radius 2 is 1.64 bits per heavy atom. The van der Waals surface area contributed by atoms with E-state index in [2.05, 4.69) is 9.97 Å². The summed E-state index contributed by atoms with van der Waals surface area (Å²) in [6, 6.07) is 3.36. The molecule has 0 fully saturated rings. The van der Waals surface area contributed by atoms with Crippen molar-refractivity contribution in [3.8, 4) is 0 Å². The van der Waals surface area contributed by atoms with E-state index in [-0.39, 0.29) is 15.5 Å². The molecule has 2 aromatic heterocycles. The van der Waals surface area contributed by atoms with Crippen LogP contribution in [0.25, 0.3) is 0 Å². The molecule has 3 heterocycles. The van der Waals surface area contributed by atoms with Crippen molar-refractivity contribution in [3.63, 3.8) is 0 Å². The molecule has 0 aliphatic carbocycles. The van der Waals surface area contributed by atoms with Gasteiger partial charge in [-0.05, 0) is 30.2 Å². The maximum atomic E-state index is 10.2. The maximum Gasteiger partial charge on any atom is 0.185 e. The Kier molecular flexibility index (Phi) is 4.52. The second kappa shape index (κ2) is 6.11. The van der Waals surface area contributed by atoms with Crippen LogP contribution in [0.3, 0.4) is 0 Å². The summed E-state index contributed by atoms with van der Waals surface area (Å²) in [6.07, 6.45) is -1.25. The number of aliphatic hydroxyl groups excluding tert-OH is 1. The van der Waals surface area contributed by atoms with Crippen molar-refractivity contribution in [3.05, 3.63) is 55.0 Å². The molecule has 116 valence electrons. The van der Waals surface area contributed by atoms with Crippen LogP contribution in [0.15, 0.2) is 12.1 Å². The van der Waals surface area contributed by atoms with Crippen LogP contribution in [0.4, 0.5) is 0 Å². The Bertz CT molecular complexity index is 731. The number of hydrogen-bond acceptors (Lipinski definition) is 4. The average molecular weight is 380 g/mol. The molecule has 1 aliphatic rings. The minimum absolute atomic E-state index is 0.130. The molecule has 0 saturated carbocycles. The van der Waals surface area contributed by atoms with E-state index in [1.54, 1.807) is 12.1 Å². The van der Waals surface area contributed by atoms with Gasteiger partial charge in [0.05, 0.1) is 6.10 Å². The van der Waals surface area contributed by atoms with Gasteiger partial charge in [-0.25, -0.2) is 9.97 Å². The molecule has 2 aromatic rings. The number of pyridine rings is 2. The summed E-state index contributed by atoms with van der Waals surface area (Å²) < 4.78 is 5.64. The monoisotopic (exact) mass is 378 g/mol. The quantitative estimate of drug-likeness (QED) is 0.729. The largest absolute Gasteiger partial charge is 0.364 e. The molecule has 22 heavy (non-hydrogen) atoms. The standard InChI is InChI=1S/C14H10Cl4N2O2/c1-5-2-8(15)19-12(17)10(5)7-3-6-4-9(16)20-13(18)11(6)14(21)22-7/h2,4,7,14,21H,3H2,1H3. The predicted molar refractivity (Wildman–Crippen MR) is 85.7 cm³/mol. The van der Waals surface area contributed by atoms with Crippen LogP contribution < -0.4 is 0 Å². The van der Waals surface area contributed by atoms with Crippen molar-refractivity contribution in [2.45, 2.75) is 25.7 Å². The normalized spacial score (nSPS) is 20.8. The Balaban J connectivity index is 2.06. The van der Waals surface area contributed by atoms with E-state index in [1.165, 1.54) is 0 Å². The van der Waals surface area contributed by atoms with E-state index < -0.39 is 12.4 Å². The predicted octanol–water partition coefficient (Wildman–Crippen LogP) is 4.70. The van der Waals surface area contributed by atoms with Gasteiger partial charge in [0.1, 0.15) is 20.6 Å². The average Bonchev–Trinajstić information content (AvgIpc) is 2.35. The zero-order valence-corrected chi connectivity index (χ0v) is 14.3. The molecule has 3 rings (SSSR count). The van der Waals surface area contributed by atoms with Crippen molar-refractivity contribution in [2.24, 2.45) is 0 Å².